The van der Waals surface area contributed by atoms with Crippen molar-refractivity contribution >= 4 is 0 Å². The predicted octanol–water partition coefficient (Wildman–Crippen LogP) is 4.85. The quantitative estimate of drug-likeness (QED) is 0.287. The van der Waals surface area contributed by atoms with Crippen molar-refractivity contribution in [3.05, 3.63) is 36.5 Å². The highest BCUT2D eigenvalue weighted by Gasteiger charge is 1.95. The average molecular weight is 279 g/mol. The van der Waals surface area contributed by atoms with Crippen molar-refractivity contribution in [2.24, 2.45) is 5.73 Å². The van der Waals surface area contributed by atoms with Gasteiger partial charge in [-0.25, -0.2) is 0 Å². The maximum absolute atomic E-state index is 8.92. The lowest BCUT2D eigenvalue weighted by molar-refractivity contribution is 0.168. The molecule has 0 heterocycles. The Morgan fingerprint density at radius 3 is 2.00 bits per heavy atom. The van der Waals surface area contributed by atoms with E-state index in [1.54, 1.807) is 0 Å². The van der Waals surface area contributed by atoms with Crippen LogP contribution in [0.4, 0.5) is 0 Å². The van der Waals surface area contributed by atoms with Crippen LogP contribution in [0, 0.1) is 0 Å². The van der Waals surface area contributed by atoms with Gasteiger partial charge in [0.1, 0.15) is 6.23 Å². The summed E-state index contributed by atoms with van der Waals surface area (Å²) in [5.41, 5.74) is 5.28. The van der Waals surface area contributed by atoms with Gasteiger partial charge in [-0.05, 0) is 44.9 Å². The molecule has 0 aliphatic heterocycles. The standard InChI is InChI=1S/C18H33NO/c1-2-3-4-5-6-7-8-9-10-11-12-13-14-15-16-17-18(19)20/h3-4,6-7,9-10,18,20H,2,5,8,11-17,19H2,1H3/b4-3-,7-6-,10-9-. The molecule has 0 aliphatic rings. The number of hydrogen-bond acceptors (Lipinski definition) is 2. The molecule has 20 heavy (non-hydrogen) atoms. The second-order valence-corrected chi connectivity index (χ2v) is 5.21. The summed E-state index contributed by atoms with van der Waals surface area (Å²) in [6.07, 6.45) is 24.0. The number of allylic oxidation sites excluding steroid dienone is 6. The minimum atomic E-state index is -0.622. The largest absolute Gasteiger partial charge is 0.379 e. The van der Waals surface area contributed by atoms with Crippen LogP contribution in [0.2, 0.25) is 0 Å². The molecular formula is C18H33NO. The molecule has 0 rings (SSSR count). The molecule has 0 aromatic rings. The SMILES string of the molecule is CC/C=C\C/C=C\C/C=C\CCCCCCCC(N)O. The minimum absolute atomic E-state index is 0.622. The third-order valence-corrected chi connectivity index (χ3v) is 3.15. The van der Waals surface area contributed by atoms with Gasteiger partial charge in [0.05, 0.1) is 0 Å². The van der Waals surface area contributed by atoms with Gasteiger partial charge >= 0.3 is 0 Å². The van der Waals surface area contributed by atoms with Gasteiger partial charge in [0.2, 0.25) is 0 Å². The molecule has 1 unspecified atom stereocenters. The lowest BCUT2D eigenvalue weighted by Gasteiger charge is -2.03. The highest BCUT2D eigenvalue weighted by atomic mass is 16.3. The Morgan fingerprint density at radius 1 is 0.800 bits per heavy atom. The molecule has 3 N–H and O–H groups in total. The number of aliphatic hydroxyl groups is 1. The zero-order valence-corrected chi connectivity index (χ0v) is 13.1. The number of nitrogens with two attached hydrogens (primary N) is 1. The average Bonchev–Trinajstić information content (AvgIpc) is 2.43. The van der Waals surface area contributed by atoms with Gasteiger partial charge < -0.3 is 10.8 Å². The van der Waals surface area contributed by atoms with Crippen LogP contribution in [-0.4, -0.2) is 11.3 Å². The molecule has 0 fully saturated rings. The fourth-order valence-corrected chi connectivity index (χ4v) is 1.97. The lowest BCUT2D eigenvalue weighted by Crippen LogP contribution is -2.17. The number of hydrogen-bond donors (Lipinski definition) is 2. The molecule has 0 amide bonds. The molecular weight excluding hydrogens is 246 g/mol. The van der Waals surface area contributed by atoms with Gasteiger partial charge in [-0.2, -0.15) is 0 Å². The highest BCUT2D eigenvalue weighted by molar-refractivity contribution is 4.96. The molecule has 0 spiro atoms. The van der Waals surface area contributed by atoms with E-state index in [2.05, 4.69) is 43.4 Å². The van der Waals surface area contributed by atoms with Gasteiger partial charge in [-0.3, -0.25) is 0 Å². The third-order valence-electron chi connectivity index (χ3n) is 3.15. The summed E-state index contributed by atoms with van der Waals surface area (Å²) in [7, 11) is 0. The summed E-state index contributed by atoms with van der Waals surface area (Å²) in [6.45, 7) is 2.16. The molecule has 0 aromatic heterocycles. The third kappa shape index (κ3) is 17.1. The highest BCUT2D eigenvalue weighted by Crippen LogP contribution is 2.08. The van der Waals surface area contributed by atoms with Gasteiger partial charge in [0.15, 0.2) is 0 Å². The summed E-state index contributed by atoms with van der Waals surface area (Å²) >= 11 is 0. The number of aliphatic hydroxyl groups excluding tert-OH is 1. The second-order valence-electron chi connectivity index (χ2n) is 5.21. The van der Waals surface area contributed by atoms with E-state index < -0.39 is 6.23 Å². The molecule has 0 aliphatic carbocycles. The minimum Gasteiger partial charge on any atom is -0.379 e. The summed E-state index contributed by atoms with van der Waals surface area (Å²) in [4.78, 5) is 0. The summed E-state index contributed by atoms with van der Waals surface area (Å²) < 4.78 is 0. The maximum Gasteiger partial charge on any atom is 0.102 e. The van der Waals surface area contributed by atoms with Crippen molar-refractivity contribution in [2.75, 3.05) is 0 Å². The van der Waals surface area contributed by atoms with Crippen molar-refractivity contribution in [1.82, 2.24) is 0 Å². The Balaban J connectivity index is 3.21. The Kier molecular flexibility index (Phi) is 15.5. The fourth-order valence-electron chi connectivity index (χ4n) is 1.97. The first-order valence-electron chi connectivity index (χ1n) is 8.16. The zero-order valence-electron chi connectivity index (χ0n) is 13.1. The fraction of sp³-hybridized carbons (Fsp3) is 0.667. The van der Waals surface area contributed by atoms with E-state index in [4.69, 9.17) is 10.8 Å². The smallest absolute Gasteiger partial charge is 0.102 e. The van der Waals surface area contributed by atoms with Crippen LogP contribution in [-0.2, 0) is 0 Å². The van der Waals surface area contributed by atoms with Crippen LogP contribution in [0.5, 0.6) is 0 Å². The van der Waals surface area contributed by atoms with E-state index in [1.165, 1.54) is 32.1 Å². The molecule has 0 radical (unpaired) electrons. The van der Waals surface area contributed by atoms with Crippen molar-refractivity contribution in [1.29, 1.82) is 0 Å². The van der Waals surface area contributed by atoms with E-state index in [0.29, 0.717) is 0 Å². The molecule has 116 valence electrons. The first-order valence-corrected chi connectivity index (χ1v) is 8.16. The maximum atomic E-state index is 8.92. The van der Waals surface area contributed by atoms with Crippen LogP contribution in [0.1, 0.15) is 71.1 Å². The lowest BCUT2D eigenvalue weighted by atomic mass is 10.1. The predicted molar refractivity (Wildman–Crippen MR) is 89.5 cm³/mol. The normalized spacial score (nSPS) is 13.9. The summed E-state index contributed by atoms with van der Waals surface area (Å²) in [5.74, 6) is 0. The van der Waals surface area contributed by atoms with Crippen LogP contribution < -0.4 is 5.73 Å². The van der Waals surface area contributed by atoms with Crippen LogP contribution >= 0.6 is 0 Å². The Morgan fingerprint density at radius 2 is 1.35 bits per heavy atom. The number of unbranched alkanes of at least 4 members (excludes halogenated alkanes) is 5. The van der Waals surface area contributed by atoms with Crippen LogP contribution in [0.15, 0.2) is 36.5 Å². The van der Waals surface area contributed by atoms with E-state index in [9.17, 15) is 0 Å². The molecule has 2 heteroatoms. The van der Waals surface area contributed by atoms with Gasteiger partial charge in [-0.15, -0.1) is 0 Å². The Bertz CT molecular complexity index is 267. The Hall–Kier alpha value is -0.860. The van der Waals surface area contributed by atoms with Crippen LogP contribution in [0.3, 0.4) is 0 Å². The summed E-state index contributed by atoms with van der Waals surface area (Å²) in [5, 5.41) is 8.92. The van der Waals surface area contributed by atoms with Crippen molar-refractivity contribution in [3.8, 4) is 0 Å². The van der Waals surface area contributed by atoms with Gasteiger partial charge in [0, 0.05) is 0 Å². The molecule has 1 atom stereocenters. The molecule has 0 aromatic carbocycles. The first-order chi connectivity index (χ1) is 9.77. The van der Waals surface area contributed by atoms with Gasteiger partial charge in [-0.1, -0.05) is 62.6 Å². The van der Waals surface area contributed by atoms with Crippen molar-refractivity contribution in [2.45, 2.75) is 77.4 Å². The second kappa shape index (κ2) is 16.2. The molecule has 0 saturated heterocycles. The van der Waals surface area contributed by atoms with Crippen molar-refractivity contribution in [3.63, 3.8) is 0 Å². The van der Waals surface area contributed by atoms with Crippen LogP contribution in [0.25, 0.3) is 0 Å². The Labute approximate surface area is 125 Å². The topological polar surface area (TPSA) is 46.2 Å². The number of rotatable bonds is 13. The van der Waals surface area contributed by atoms with Crippen molar-refractivity contribution < 1.29 is 5.11 Å². The van der Waals surface area contributed by atoms with E-state index >= 15 is 0 Å². The first kappa shape index (κ1) is 19.1. The molecule has 2 nitrogen and oxygen atoms in total. The molecule has 0 saturated carbocycles. The summed E-state index contributed by atoms with van der Waals surface area (Å²) in [6, 6.07) is 0. The zero-order chi connectivity index (χ0) is 14.9. The van der Waals surface area contributed by atoms with E-state index in [0.717, 1.165) is 32.1 Å². The molecule has 0 bridgehead atoms. The van der Waals surface area contributed by atoms with E-state index in [-0.39, 0.29) is 0 Å². The monoisotopic (exact) mass is 279 g/mol. The van der Waals surface area contributed by atoms with Gasteiger partial charge in [0.25, 0.3) is 0 Å². The van der Waals surface area contributed by atoms with E-state index in [1.807, 2.05) is 0 Å².